The molecule has 1 aromatic carbocycles. The van der Waals surface area contributed by atoms with Gasteiger partial charge in [-0.2, -0.15) is 10.2 Å². The van der Waals surface area contributed by atoms with E-state index in [4.69, 9.17) is 0 Å². The Morgan fingerprint density at radius 1 is 1.14 bits per heavy atom. The fourth-order valence-corrected chi connectivity index (χ4v) is 3.10. The van der Waals surface area contributed by atoms with E-state index in [-0.39, 0.29) is 6.04 Å². The van der Waals surface area contributed by atoms with Crippen LogP contribution in [0.15, 0.2) is 30.3 Å². The van der Waals surface area contributed by atoms with E-state index >= 15 is 0 Å². The van der Waals surface area contributed by atoms with Crippen LogP contribution in [0.1, 0.15) is 59.3 Å². The van der Waals surface area contributed by atoms with Crippen LogP contribution in [0, 0.1) is 13.8 Å². The minimum absolute atomic E-state index is 0.180. The number of rotatable bonds is 4. The van der Waals surface area contributed by atoms with Crippen LogP contribution in [0.3, 0.4) is 0 Å². The smallest absolute Gasteiger partial charge is 0.0651 e. The summed E-state index contributed by atoms with van der Waals surface area (Å²) in [4.78, 5) is 0. The Labute approximate surface area is 126 Å². The van der Waals surface area contributed by atoms with Gasteiger partial charge in [0, 0.05) is 0 Å². The van der Waals surface area contributed by atoms with Crippen molar-refractivity contribution in [3.8, 4) is 0 Å². The Hall–Kier alpha value is -1.74. The van der Waals surface area contributed by atoms with Crippen LogP contribution in [0.25, 0.3) is 0 Å². The van der Waals surface area contributed by atoms with Crippen molar-refractivity contribution in [1.29, 1.82) is 0 Å². The van der Waals surface area contributed by atoms with Gasteiger partial charge in [-0.1, -0.05) is 30.7 Å². The predicted molar refractivity (Wildman–Crippen MR) is 85.4 cm³/mol. The molecule has 1 atom stereocenters. The first-order valence-electron chi connectivity index (χ1n) is 7.77. The molecule has 21 heavy (non-hydrogen) atoms. The van der Waals surface area contributed by atoms with Crippen molar-refractivity contribution in [3.05, 3.63) is 58.4 Å². The fraction of sp³-hybridized carbons (Fsp3) is 0.444. The fourth-order valence-electron chi connectivity index (χ4n) is 3.10. The summed E-state index contributed by atoms with van der Waals surface area (Å²) in [7, 11) is 2.01. The number of aromatic nitrogens is 2. The van der Waals surface area contributed by atoms with Gasteiger partial charge in [-0.05, 0) is 62.4 Å². The molecule has 1 saturated carbocycles. The second-order valence-electron chi connectivity index (χ2n) is 6.05. The van der Waals surface area contributed by atoms with Crippen molar-refractivity contribution < 1.29 is 0 Å². The highest BCUT2D eigenvalue weighted by Gasteiger charge is 2.21. The topological polar surface area (TPSA) is 37.8 Å². The number of benzene rings is 1. The van der Waals surface area contributed by atoms with E-state index < -0.39 is 0 Å². The summed E-state index contributed by atoms with van der Waals surface area (Å²) >= 11 is 0. The normalized spacial score (nSPS) is 16.5. The molecule has 110 valence electrons. The lowest BCUT2D eigenvalue weighted by molar-refractivity contribution is 0.419. The molecule has 1 aliphatic rings. The molecular weight excluding hydrogens is 258 g/mol. The Bertz CT molecular complexity index is 632. The summed E-state index contributed by atoms with van der Waals surface area (Å²) in [6.45, 7) is 4.02. The second-order valence-corrected chi connectivity index (χ2v) is 6.05. The zero-order chi connectivity index (χ0) is 14.8. The zero-order valence-electron chi connectivity index (χ0n) is 13.1. The molecule has 1 fully saturated rings. The molecule has 1 heterocycles. The first-order chi connectivity index (χ1) is 10.2. The minimum Gasteiger partial charge on any atom is -0.309 e. The Kier molecular flexibility index (Phi) is 4.02. The highest BCUT2D eigenvalue weighted by Crippen LogP contribution is 2.37. The molecule has 0 spiro atoms. The van der Waals surface area contributed by atoms with Crippen LogP contribution >= 0.6 is 0 Å². The lowest BCUT2D eigenvalue weighted by Gasteiger charge is -2.27. The van der Waals surface area contributed by atoms with Crippen molar-refractivity contribution in [2.75, 3.05) is 7.05 Å². The maximum atomic E-state index is 4.27. The molecule has 2 aromatic rings. The molecule has 0 radical (unpaired) electrons. The van der Waals surface area contributed by atoms with Crippen LogP contribution in [-0.2, 0) is 0 Å². The van der Waals surface area contributed by atoms with Gasteiger partial charge in [0.2, 0.25) is 0 Å². The van der Waals surface area contributed by atoms with Gasteiger partial charge in [0.15, 0.2) is 0 Å². The molecule has 3 rings (SSSR count). The van der Waals surface area contributed by atoms with E-state index in [9.17, 15) is 0 Å². The average Bonchev–Trinajstić information content (AvgIpc) is 2.42. The van der Waals surface area contributed by atoms with Crippen LogP contribution in [0.4, 0.5) is 0 Å². The third-order valence-electron chi connectivity index (χ3n) is 4.56. The molecule has 1 N–H and O–H groups in total. The Morgan fingerprint density at radius 2 is 1.95 bits per heavy atom. The molecule has 0 bridgehead atoms. The maximum Gasteiger partial charge on any atom is 0.0651 e. The Morgan fingerprint density at radius 3 is 2.62 bits per heavy atom. The summed E-state index contributed by atoms with van der Waals surface area (Å²) in [6, 6.07) is 11.3. The molecule has 0 aliphatic heterocycles. The third-order valence-corrected chi connectivity index (χ3v) is 4.56. The van der Waals surface area contributed by atoms with Gasteiger partial charge in [-0.25, -0.2) is 0 Å². The van der Waals surface area contributed by atoms with Gasteiger partial charge in [0.1, 0.15) is 0 Å². The van der Waals surface area contributed by atoms with Crippen molar-refractivity contribution in [1.82, 2.24) is 15.5 Å². The molecule has 1 aliphatic carbocycles. The summed E-state index contributed by atoms with van der Waals surface area (Å²) in [5, 5.41) is 11.8. The molecular formula is C18H23N3. The van der Waals surface area contributed by atoms with E-state index in [0.29, 0.717) is 0 Å². The molecule has 0 amide bonds. The van der Waals surface area contributed by atoms with Crippen LogP contribution in [-0.4, -0.2) is 17.2 Å². The van der Waals surface area contributed by atoms with E-state index in [0.717, 1.165) is 17.3 Å². The number of hydrogen-bond donors (Lipinski definition) is 1. The maximum absolute atomic E-state index is 4.27. The predicted octanol–water partition coefficient (Wildman–Crippen LogP) is 3.67. The largest absolute Gasteiger partial charge is 0.309 e. The first kappa shape index (κ1) is 14.2. The number of hydrogen-bond acceptors (Lipinski definition) is 3. The zero-order valence-corrected chi connectivity index (χ0v) is 13.1. The number of aryl methyl sites for hydroxylation is 2. The van der Waals surface area contributed by atoms with E-state index in [1.807, 2.05) is 20.9 Å². The van der Waals surface area contributed by atoms with Crippen LogP contribution < -0.4 is 5.32 Å². The highest BCUT2D eigenvalue weighted by molar-refractivity contribution is 5.37. The van der Waals surface area contributed by atoms with Crippen LogP contribution in [0.5, 0.6) is 0 Å². The summed E-state index contributed by atoms with van der Waals surface area (Å²) in [6.07, 6.45) is 4.04. The number of nitrogens with zero attached hydrogens (tertiary/aromatic N) is 2. The number of nitrogens with one attached hydrogen (secondary N) is 1. The highest BCUT2D eigenvalue weighted by atomic mass is 15.1. The first-order valence-corrected chi connectivity index (χ1v) is 7.77. The van der Waals surface area contributed by atoms with Crippen molar-refractivity contribution >= 4 is 0 Å². The van der Waals surface area contributed by atoms with E-state index in [2.05, 4.69) is 45.8 Å². The molecule has 3 nitrogen and oxygen atoms in total. The SMILES string of the molecule is CNC(c1cccc(C2CCC2)c1)c1cc(C)nnc1C. The molecule has 0 saturated heterocycles. The monoisotopic (exact) mass is 281 g/mol. The summed E-state index contributed by atoms with van der Waals surface area (Å²) in [5.41, 5.74) is 5.98. The van der Waals surface area contributed by atoms with Crippen molar-refractivity contribution in [2.24, 2.45) is 0 Å². The lowest BCUT2D eigenvalue weighted by atomic mass is 9.79. The van der Waals surface area contributed by atoms with Gasteiger partial charge in [-0.3, -0.25) is 0 Å². The van der Waals surface area contributed by atoms with E-state index in [1.165, 1.54) is 36.0 Å². The van der Waals surface area contributed by atoms with Gasteiger partial charge in [0.25, 0.3) is 0 Å². The summed E-state index contributed by atoms with van der Waals surface area (Å²) < 4.78 is 0. The third kappa shape index (κ3) is 2.84. The quantitative estimate of drug-likeness (QED) is 0.929. The lowest BCUT2D eigenvalue weighted by Crippen LogP contribution is -2.20. The average molecular weight is 281 g/mol. The second kappa shape index (κ2) is 5.94. The Balaban J connectivity index is 1.97. The van der Waals surface area contributed by atoms with E-state index in [1.54, 1.807) is 0 Å². The van der Waals surface area contributed by atoms with Gasteiger partial charge in [-0.15, -0.1) is 0 Å². The minimum atomic E-state index is 0.180. The van der Waals surface area contributed by atoms with Gasteiger partial charge in [0.05, 0.1) is 17.4 Å². The van der Waals surface area contributed by atoms with Crippen molar-refractivity contribution in [2.45, 2.75) is 45.1 Å². The summed E-state index contributed by atoms with van der Waals surface area (Å²) in [5.74, 6) is 0.765. The molecule has 1 aromatic heterocycles. The van der Waals surface area contributed by atoms with Gasteiger partial charge < -0.3 is 5.32 Å². The standard InChI is InChI=1S/C18H23N3/c1-12-10-17(13(2)21-20-12)18(19-3)16-9-5-8-15(11-16)14-6-4-7-14/h5,8-11,14,18-19H,4,6-7H2,1-3H3. The molecule has 1 unspecified atom stereocenters. The molecule has 3 heteroatoms. The van der Waals surface area contributed by atoms with Gasteiger partial charge >= 0.3 is 0 Å². The van der Waals surface area contributed by atoms with Crippen LogP contribution in [0.2, 0.25) is 0 Å². The van der Waals surface area contributed by atoms with Crippen molar-refractivity contribution in [3.63, 3.8) is 0 Å².